The molecule has 0 saturated carbocycles. The van der Waals surface area contributed by atoms with Gasteiger partial charge in [0, 0.05) is 19.1 Å². The molecule has 0 aliphatic carbocycles. The molecule has 1 aromatic heterocycles. The van der Waals surface area contributed by atoms with Gasteiger partial charge in [0.1, 0.15) is 0 Å². The zero-order valence-electron chi connectivity index (χ0n) is 7.93. The molecule has 1 aromatic rings. The Morgan fingerprint density at radius 2 is 1.86 bits per heavy atom. The maximum absolute atomic E-state index is 9.03. The van der Waals surface area contributed by atoms with Gasteiger partial charge >= 0.3 is 0 Å². The van der Waals surface area contributed by atoms with Crippen molar-refractivity contribution in [1.82, 2.24) is 9.97 Å². The summed E-state index contributed by atoms with van der Waals surface area (Å²) in [5.74, 6) is 0.775. The largest absolute Gasteiger partial charge is 0.505 e. The molecular formula is C9H14N4O. The van der Waals surface area contributed by atoms with E-state index in [1.807, 2.05) is 0 Å². The van der Waals surface area contributed by atoms with Crippen LogP contribution in [0.2, 0.25) is 0 Å². The summed E-state index contributed by atoms with van der Waals surface area (Å²) >= 11 is 0. The van der Waals surface area contributed by atoms with Crippen LogP contribution in [0.1, 0.15) is 12.8 Å². The highest BCUT2D eigenvalue weighted by molar-refractivity contribution is 5.31. The van der Waals surface area contributed by atoms with E-state index in [4.69, 9.17) is 10.8 Å². The van der Waals surface area contributed by atoms with Crippen LogP contribution in [0.5, 0.6) is 5.75 Å². The fourth-order valence-electron chi connectivity index (χ4n) is 1.58. The van der Waals surface area contributed by atoms with Crippen LogP contribution < -0.4 is 10.6 Å². The van der Waals surface area contributed by atoms with Gasteiger partial charge in [-0.05, 0) is 12.8 Å². The SMILES string of the molecule is NC1CCN(c2ncc(O)cn2)CC1. The Kier molecular flexibility index (Phi) is 2.49. The number of rotatable bonds is 1. The van der Waals surface area contributed by atoms with Crippen LogP contribution in [0, 0.1) is 0 Å². The monoisotopic (exact) mass is 194 g/mol. The van der Waals surface area contributed by atoms with Gasteiger partial charge in [0.15, 0.2) is 5.75 Å². The van der Waals surface area contributed by atoms with E-state index in [0.29, 0.717) is 12.0 Å². The van der Waals surface area contributed by atoms with Gasteiger partial charge in [-0.1, -0.05) is 0 Å². The predicted octanol–water partition coefficient (Wildman–Crippen LogP) is 0.110. The fourth-order valence-corrected chi connectivity index (χ4v) is 1.58. The summed E-state index contributed by atoms with van der Waals surface area (Å²) < 4.78 is 0. The predicted molar refractivity (Wildman–Crippen MR) is 53.1 cm³/mol. The third kappa shape index (κ3) is 1.93. The Labute approximate surface area is 82.6 Å². The quantitative estimate of drug-likeness (QED) is 0.663. The fraction of sp³-hybridized carbons (Fsp3) is 0.556. The maximum Gasteiger partial charge on any atom is 0.225 e. The highest BCUT2D eigenvalue weighted by atomic mass is 16.3. The first-order valence-electron chi connectivity index (χ1n) is 4.77. The molecule has 3 N–H and O–H groups in total. The minimum Gasteiger partial charge on any atom is -0.505 e. The van der Waals surface area contributed by atoms with Gasteiger partial charge < -0.3 is 15.7 Å². The Bertz CT molecular complexity index is 292. The van der Waals surface area contributed by atoms with Crippen molar-refractivity contribution in [2.45, 2.75) is 18.9 Å². The molecule has 0 unspecified atom stereocenters. The van der Waals surface area contributed by atoms with E-state index in [2.05, 4.69) is 14.9 Å². The van der Waals surface area contributed by atoms with Crippen molar-refractivity contribution in [2.24, 2.45) is 5.73 Å². The zero-order chi connectivity index (χ0) is 9.97. The number of piperidine rings is 1. The minimum absolute atomic E-state index is 0.0995. The Morgan fingerprint density at radius 3 is 2.43 bits per heavy atom. The lowest BCUT2D eigenvalue weighted by Crippen LogP contribution is -2.40. The molecule has 5 heteroatoms. The zero-order valence-corrected chi connectivity index (χ0v) is 7.93. The number of anilines is 1. The molecule has 2 rings (SSSR count). The third-order valence-corrected chi connectivity index (χ3v) is 2.45. The molecule has 1 aliphatic heterocycles. The highest BCUT2D eigenvalue weighted by Gasteiger charge is 2.17. The highest BCUT2D eigenvalue weighted by Crippen LogP contribution is 2.15. The second-order valence-electron chi connectivity index (χ2n) is 3.57. The third-order valence-electron chi connectivity index (χ3n) is 2.45. The second kappa shape index (κ2) is 3.79. The summed E-state index contributed by atoms with van der Waals surface area (Å²) in [5.41, 5.74) is 5.79. The van der Waals surface area contributed by atoms with Gasteiger partial charge in [0.2, 0.25) is 5.95 Å². The molecule has 0 aromatic carbocycles. The average molecular weight is 194 g/mol. The van der Waals surface area contributed by atoms with Gasteiger partial charge in [-0.3, -0.25) is 0 Å². The Morgan fingerprint density at radius 1 is 1.29 bits per heavy atom. The molecule has 0 spiro atoms. The molecule has 0 bridgehead atoms. The molecule has 0 atom stereocenters. The molecule has 14 heavy (non-hydrogen) atoms. The number of nitrogens with two attached hydrogens (primary N) is 1. The van der Waals surface area contributed by atoms with Crippen molar-refractivity contribution in [3.05, 3.63) is 12.4 Å². The molecular weight excluding hydrogens is 180 g/mol. The van der Waals surface area contributed by atoms with Crippen molar-refractivity contribution in [2.75, 3.05) is 18.0 Å². The van der Waals surface area contributed by atoms with Crippen molar-refractivity contribution < 1.29 is 5.11 Å². The van der Waals surface area contributed by atoms with E-state index in [1.54, 1.807) is 0 Å². The van der Waals surface area contributed by atoms with Crippen LogP contribution in [0.25, 0.3) is 0 Å². The van der Waals surface area contributed by atoms with Crippen LogP contribution in [0.3, 0.4) is 0 Å². The first kappa shape index (κ1) is 9.21. The van der Waals surface area contributed by atoms with Crippen molar-refractivity contribution in [3.8, 4) is 5.75 Å². The van der Waals surface area contributed by atoms with Gasteiger partial charge in [0.25, 0.3) is 0 Å². The summed E-state index contributed by atoms with van der Waals surface area (Å²) in [5, 5.41) is 9.03. The molecule has 5 nitrogen and oxygen atoms in total. The van der Waals surface area contributed by atoms with Crippen LogP contribution in [0.15, 0.2) is 12.4 Å². The van der Waals surface area contributed by atoms with E-state index in [9.17, 15) is 0 Å². The van der Waals surface area contributed by atoms with Gasteiger partial charge in [-0.2, -0.15) is 0 Å². The van der Waals surface area contributed by atoms with Gasteiger partial charge in [0.05, 0.1) is 12.4 Å². The lowest BCUT2D eigenvalue weighted by Gasteiger charge is -2.29. The van der Waals surface area contributed by atoms with Crippen LogP contribution in [0.4, 0.5) is 5.95 Å². The van der Waals surface area contributed by atoms with E-state index in [1.165, 1.54) is 12.4 Å². The maximum atomic E-state index is 9.03. The van der Waals surface area contributed by atoms with Crippen LogP contribution in [-0.2, 0) is 0 Å². The summed E-state index contributed by atoms with van der Waals surface area (Å²) in [7, 11) is 0. The molecule has 1 saturated heterocycles. The number of hydrogen-bond donors (Lipinski definition) is 2. The summed E-state index contributed by atoms with van der Waals surface area (Å²) in [6.45, 7) is 1.79. The lowest BCUT2D eigenvalue weighted by atomic mass is 10.1. The average Bonchev–Trinajstić information content (AvgIpc) is 2.21. The van der Waals surface area contributed by atoms with Crippen LogP contribution >= 0.6 is 0 Å². The lowest BCUT2D eigenvalue weighted by molar-refractivity contribution is 0.466. The molecule has 76 valence electrons. The van der Waals surface area contributed by atoms with E-state index in [-0.39, 0.29) is 5.75 Å². The normalized spacial score (nSPS) is 18.5. The first-order chi connectivity index (χ1) is 6.75. The summed E-state index contributed by atoms with van der Waals surface area (Å²) in [4.78, 5) is 10.2. The molecule has 1 fully saturated rings. The Balaban J connectivity index is 2.05. The van der Waals surface area contributed by atoms with Crippen molar-refractivity contribution in [3.63, 3.8) is 0 Å². The summed E-state index contributed by atoms with van der Waals surface area (Å²) in [6, 6.07) is 0.309. The number of aromatic nitrogens is 2. The number of hydrogen-bond acceptors (Lipinski definition) is 5. The van der Waals surface area contributed by atoms with Crippen molar-refractivity contribution >= 4 is 5.95 Å². The van der Waals surface area contributed by atoms with Crippen molar-refractivity contribution in [1.29, 1.82) is 0 Å². The smallest absolute Gasteiger partial charge is 0.225 e. The topological polar surface area (TPSA) is 75.3 Å². The van der Waals surface area contributed by atoms with Gasteiger partial charge in [-0.15, -0.1) is 0 Å². The molecule has 2 heterocycles. The first-order valence-corrected chi connectivity index (χ1v) is 4.77. The van der Waals surface area contributed by atoms with E-state index in [0.717, 1.165) is 25.9 Å². The molecule has 0 radical (unpaired) electrons. The second-order valence-corrected chi connectivity index (χ2v) is 3.57. The number of nitrogens with zero attached hydrogens (tertiary/aromatic N) is 3. The summed E-state index contributed by atoms with van der Waals surface area (Å²) in [6.07, 6.45) is 4.78. The Hall–Kier alpha value is -1.36. The molecule has 1 aliphatic rings. The standard InChI is InChI=1S/C9H14N4O/c10-7-1-3-13(4-2-7)9-11-5-8(14)6-12-9/h5-7,14H,1-4,10H2. The van der Waals surface area contributed by atoms with Gasteiger partial charge in [-0.25, -0.2) is 9.97 Å². The minimum atomic E-state index is 0.0995. The number of aromatic hydroxyl groups is 1. The van der Waals surface area contributed by atoms with E-state index >= 15 is 0 Å². The van der Waals surface area contributed by atoms with E-state index < -0.39 is 0 Å². The van der Waals surface area contributed by atoms with Crippen LogP contribution in [-0.4, -0.2) is 34.2 Å². The molecule has 0 amide bonds.